The summed E-state index contributed by atoms with van der Waals surface area (Å²) in [6, 6.07) is 4.86. The minimum absolute atomic E-state index is 0.0289. The Balaban J connectivity index is 1.78. The topological polar surface area (TPSA) is 40.2 Å². The fraction of sp³-hybridized carbons (Fsp3) is 0.700. The van der Waals surface area contributed by atoms with Gasteiger partial charge in [-0.2, -0.15) is 0 Å². The van der Waals surface area contributed by atoms with Crippen molar-refractivity contribution in [1.82, 2.24) is 4.90 Å². The molecule has 1 saturated carbocycles. The van der Waals surface area contributed by atoms with Crippen molar-refractivity contribution in [3.05, 3.63) is 23.3 Å². The first-order valence-electron chi connectivity index (χ1n) is 9.29. The summed E-state index contributed by atoms with van der Waals surface area (Å²) in [6.45, 7) is 1.08. The van der Waals surface area contributed by atoms with Crippen LogP contribution in [0.2, 0.25) is 0 Å². The Morgan fingerprint density at radius 3 is 2.68 bits per heavy atom. The number of hydrogen-bond acceptors (Lipinski definition) is 5. The van der Waals surface area contributed by atoms with Gasteiger partial charge in [-0.15, -0.1) is 0 Å². The lowest BCUT2D eigenvalue weighted by Crippen LogP contribution is -2.70. The molecule has 1 spiro atoms. The van der Waals surface area contributed by atoms with Gasteiger partial charge in [-0.3, -0.25) is 0 Å². The maximum atomic E-state index is 6.64. The first-order valence-corrected chi connectivity index (χ1v) is 9.29. The molecular formula is C20H27NO4. The molecule has 0 unspecified atom stereocenters. The van der Waals surface area contributed by atoms with E-state index in [4.69, 9.17) is 18.9 Å². The van der Waals surface area contributed by atoms with E-state index in [-0.39, 0.29) is 11.5 Å². The summed E-state index contributed by atoms with van der Waals surface area (Å²) in [5.41, 5.74) is 2.76. The van der Waals surface area contributed by atoms with Crippen molar-refractivity contribution in [2.75, 3.05) is 34.9 Å². The van der Waals surface area contributed by atoms with Crippen molar-refractivity contribution in [1.29, 1.82) is 0 Å². The number of likely N-dealkylation sites (N-methyl/N-ethyl adjacent to an activating group) is 1. The first kappa shape index (κ1) is 15.9. The molecule has 2 bridgehead atoms. The zero-order valence-electron chi connectivity index (χ0n) is 15.5. The number of nitrogens with zero attached hydrogens (tertiary/aromatic N) is 1. The zero-order chi connectivity index (χ0) is 17.4. The lowest BCUT2D eigenvalue weighted by atomic mass is 9.50. The summed E-state index contributed by atoms with van der Waals surface area (Å²) in [5.74, 6) is 1.66. The molecule has 2 aliphatic carbocycles. The molecular weight excluding hydrogens is 318 g/mol. The molecule has 2 aliphatic heterocycles. The second-order valence-electron chi connectivity index (χ2n) is 8.04. The van der Waals surface area contributed by atoms with Gasteiger partial charge < -0.3 is 23.8 Å². The fourth-order valence-corrected chi connectivity index (χ4v) is 6.36. The number of likely N-dealkylation sites (tertiary alicyclic amines) is 1. The average Bonchev–Trinajstić information content (AvgIpc) is 3.00. The fourth-order valence-electron chi connectivity index (χ4n) is 6.36. The minimum atomic E-state index is -0.685. The highest BCUT2D eigenvalue weighted by atomic mass is 16.7. The Morgan fingerprint density at radius 1 is 1.16 bits per heavy atom. The summed E-state index contributed by atoms with van der Waals surface area (Å²) >= 11 is 0. The molecule has 0 amide bonds. The summed E-state index contributed by atoms with van der Waals surface area (Å²) in [5, 5.41) is 0. The largest absolute Gasteiger partial charge is 0.493 e. The third-order valence-corrected chi connectivity index (χ3v) is 7.49. The SMILES string of the molecule is COc1ccc2c3c1O[C@@H]1C(OC)(OC)CC[C@@H]4[C@@H](C2)N(C)CC[C@@]341. The van der Waals surface area contributed by atoms with E-state index in [1.807, 2.05) is 0 Å². The van der Waals surface area contributed by atoms with E-state index in [0.717, 1.165) is 43.7 Å². The van der Waals surface area contributed by atoms with Gasteiger partial charge in [0.25, 0.3) is 0 Å². The Morgan fingerprint density at radius 2 is 1.96 bits per heavy atom. The minimum Gasteiger partial charge on any atom is -0.493 e. The predicted molar refractivity (Wildman–Crippen MR) is 93.3 cm³/mol. The molecule has 0 N–H and O–H groups in total. The van der Waals surface area contributed by atoms with Gasteiger partial charge >= 0.3 is 0 Å². The van der Waals surface area contributed by atoms with Crippen molar-refractivity contribution in [2.24, 2.45) is 5.92 Å². The second kappa shape index (κ2) is 5.12. The van der Waals surface area contributed by atoms with Gasteiger partial charge in [-0.1, -0.05) is 6.07 Å². The lowest BCUT2D eigenvalue weighted by Gasteiger charge is -2.60. The van der Waals surface area contributed by atoms with E-state index < -0.39 is 5.79 Å². The van der Waals surface area contributed by atoms with Gasteiger partial charge in [-0.25, -0.2) is 0 Å². The van der Waals surface area contributed by atoms with E-state index in [2.05, 4.69) is 24.1 Å². The molecule has 4 aliphatic rings. The molecule has 136 valence electrons. The third-order valence-electron chi connectivity index (χ3n) is 7.49. The van der Waals surface area contributed by atoms with Crippen LogP contribution in [0.25, 0.3) is 0 Å². The van der Waals surface area contributed by atoms with Crippen molar-refractivity contribution in [2.45, 2.75) is 49.0 Å². The van der Waals surface area contributed by atoms with Gasteiger partial charge in [0.05, 0.1) is 7.11 Å². The zero-order valence-corrected chi connectivity index (χ0v) is 15.5. The number of methoxy groups -OCH3 is 3. The summed E-state index contributed by atoms with van der Waals surface area (Å²) in [7, 11) is 7.49. The van der Waals surface area contributed by atoms with E-state index in [1.54, 1.807) is 21.3 Å². The van der Waals surface area contributed by atoms with Crippen LogP contribution < -0.4 is 9.47 Å². The van der Waals surface area contributed by atoms with Crippen LogP contribution in [0.15, 0.2) is 12.1 Å². The normalized spacial score (nSPS) is 37.4. The quantitative estimate of drug-likeness (QED) is 0.787. The van der Waals surface area contributed by atoms with Gasteiger partial charge in [0.15, 0.2) is 17.6 Å². The molecule has 5 heteroatoms. The molecule has 0 aromatic heterocycles. The molecule has 1 saturated heterocycles. The Bertz CT molecular complexity index is 716. The van der Waals surface area contributed by atoms with Gasteiger partial charge in [0, 0.05) is 37.7 Å². The van der Waals surface area contributed by atoms with Crippen molar-refractivity contribution < 1.29 is 18.9 Å². The number of hydrogen-bond donors (Lipinski definition) is 0. The summed E-state index contributed by atoms with van der Waals surface area (Å²) < 4.78 is 24.2. The molecule has 0 radical (unpaired) electrons. The molecule has 5 rings (SSSR count). The first-order chi connectivity index (χ1) is 12.1. The van der Waals surface area contributed by atoms with E-state index in [1.165, 1.54) is 11.1 Å². The maximum absolute atomic E-state index is 6.64. The molecule has 25 heavy (non-hydrogen) atoms. The Labute approximate surface area is 149 Å². The monoisotopic (exact) mass is 345 g/mol. The van der Waals surface area contributed by atoms with Gasteiger partial charge in [0.1, 0.15) is 0 Å². The highest BCUT2D eigenvalue weighted by molar-refractivity contribution is 5.61. The molecule has 1 aromatic carbocycles. The third kappa shape index (κ3) is 1.70. The molecule has 4 atom stereocenters. The molecule has 5 nitrogen and oxygen atoms in total. The number of benzene rings is 1. The second-order valence-corrected chi connectivity index (χ2v) is 8.04. The molecule has 1 aromatic rings. The van der Waals surface area contributed by atoms with Crippen molar-refractivity contribution in [3.8, 4) is 11.5 Å². The summed E-state index contributed by atoms with van der Waals surface area (Å²) in [4.78, 5) is 2.55. The van der Waals surface area contributed by atoms with Crippen molar-refractivity contribution >= 4 is 0 Å². The van der Waals surface area contributed by atoms with Crippen LogP contribution in [0.5, 0.6) is 11.5 Å². The molecule has 2 heterocycles. The highest BCUT2D eigenvalue weighted by Crippen LogP contribution is 2.65. The van der Waals surface area contributed by atoms with Crippen LogP contribution >= 0.6 is 0 Å². The number of piperidine rings is 1. The van der Waals surface area contributed by atoms with Crippen LogP contribution in [-0.4, -0.2) is 57.8 Å². The standard InChI is InChI=1S/C20H27NO4/c1-21-10-9-19-13-7-8-20(23-3,24-4)18(19)25-17-15(22-2)6-5-12(16(17)19)11-14(13)21/h5-6,13-14,18H,7-11H2,1-4H3/t13-,14-,18+,19+/m1/s1. The van der Waals surface area contributed by atoms with E-state index >= 15 is 0 Å². The van der Waals surface area contributed by atoms with E-state index in [9.17, 15) is 0 Å². The predicted octanol–water partition coefficient (Wildman–Crippen LogP) is 2.35. The Hall–Kier alpha value is -1.30. The summed E-state index contributed by atoms with van der Waals surface area (Å²) in [6.07, 6.45) is 4.03. The van der Waals surface area contributed by atoms with Gasteiger partial charge in [-0.05, 0) is 50.4 Å². The van der Waals surface area contributed by atoms with Crippen LogP contribution in [0.3, 0.4) is 0 Å². The lowest BCUT2D eigenvalue weighted by molar-refractivity contribution is -0.292. The van der Waals surface area contributed by atoms with Crippen LogP contribution in [-0.2, 0) is 21.3 Å². The highest BCUT2D eigenvalue weighted by Gasteiger charge is 2.70. The van der Waals surface area contributed by atoms with Crippen LogP contribution in [0.1, 0.15) is 30.4 Å². The van der Waals surface area contributed by atoms with Crippen molar-refractivity contribution in [3.63, 3.8) is 0 Å². The Kier molecular flexibility index (Phi) is 3.26. The smallest absolute Gasteiger partial charge is 0.206 e. The van der Waals surface area contributed by atoms with Crippen LogP contribution in [0.4, 0.5) is 0 Å². The number of ether oxygens (including phenoxy) is 4. The van der Waals surface area contributed by atoms with Gasteiger partial charge in [0.2, 0.25) is 5.79 Å². The van der Waals surface area contributed by atoms with E-state index in [0.29, 0.717) is 12.0 Å². The van der Waals surface area contributed by atoms with Crippen LogP contribution in [0, 0.1) is 5.92 Å². The maximum Gasteiger partial charge on any atom is 0.206 e. The number of rotatable bonds is 3. The molecule has 2 fully saturated rings. The average molecular weight is 345 g/mol.